The summed E-state index contributed by atoms with van der Waals surface area (Å²) in [5.41, 5.74) is 1.88. The fourth-order valence-corrected chi connectivity index (χ4v) is 2.46. The van der Waals surface area contributed by atoms with E-state index in [0.717, 1.165) is 30.5 Å². The molecular formula is C18H15ClN2O. The van der Waals surface area contributed by atoms with Gasteiger partial charge in [0.2, 0.25) is 0 Å². The van der Waals surface area contributed by atoms with Gasteiger partial charge in [0.15, 0.2) is 0 Å². The Balaban J connectivity index is 1.71. The standard InChI is InChI=1S/C18H15ClN2O/c19-15-11-18(13-20-12-15)22-17-6-3-4-14(10-17)7-8-16-5-1-2-9-21-16/h1-2,5,9-13,17H,3-4,6H2. The van der Waals surface area contributed by atoms with Crippen LogP contribution in [0.15, 0.2) is 54.5 Å². The Morgan fingerprint density at radius 1 is 1.23 bits per heavy atom. The summed E-state index contributed by atoms with van der Waals surface area (Å²) >= 11 is 5.92. The summed E-state index contributed by atoms with van der Waals surface area (Å²) in [4.78, 5) is 8.24. The van der Waals surface area contributed by atoms with Crippen molar-refractivity contribution in [3.8, 4) is 17.6 Å². The molecular weight excluding hydrogens is 296 g/mol. The molecule has 22 heavy (non-hydrogen) atoms. The number of nitrogens with zero attached hydrogens (tertiary/aromatic N) is 2. The molecule has 0 fully saturated rings. The second kappa shape index (κ2) is 7.11. The largest absolute Gasteiger partial charge is 0.485 e. The number of halogens is 1. The first kappa shape index (κ1) is 14.6. The van der Waals surface area contributed by atoms with Gasteiger partial charge in [-0.2, -0.15) is 0 Å². The van der Waals surface area contributed by atoms with Gasteiger partial charge in [-0.3, -0.25) is 4.98 Å². The topological polar surface area (TPSA) is 35.0 Å². The molecule has 0 saturated heterocycles. The van der Waals surface area contributed by atoms with Crippen LogP contribution in [-0.2, 0) is 0 Å². The number of allylic oxidation sites excluding steroid dienone is 1. The van der Waals surface area contributed by atoms with Crippen LogP contribution in [0, 0.1) is 11.8 Å². The Hall–Kier alpha value is -2.31. The van der Waals surface area contributed by atoms with Crippen molar-refractivity contribution in [3.63, 3.8) is 0 Å². The van der Waals surface area contributed by atoms with Crippen molar-refractivity contribution in [2.75, 3.05) is 0 Å². The van der Waals surface area contributed by atoms with Gasteiger partial charge in [0.25, 0.3) is 0 Å². The molecule has 1 unspecified atom stereocenters. The monoisotopic (exact) mass is 310 g/mol. The molecule has 110 valence electrons. The first-order valence-corrected chi connectivity index (χ1v) is 7.58. The van der Waals surface area contributed by atoms with E-state index in [2.05, 4.69) is 27.9 Å². The van der Waals surface area contributed by atoms with Crippen LogP contribution in [0.25, 0.3) is 0 Å². The molecule has 0 amide bonds. The Kier molecular flexibility index (Phi) is 4.72. The molecule has 0 bridgehead atoms. The maximum atomic E-state index is 5.92. The SMILES string of the molecule is Clc1cncc(OC2C=C(C#Cc3ccccn3)CCC2)c1. The summed E-state index contributed by atoms with van der Waals surface area (Å²) in [6, 6.07) is 7.50. The zero-order valence-electron chi connectivity index (χ0n) is 12.0. The second-order valence-corrected chi connectivity index (χ2v) is 5.48. The third kappa shape index (κ3) is 4.09. The molecule has 0 N–H and O–H groups in total. The molecule has 3 nitrogen and oxygen atoms in total. The molecule has 0 aromatic carbocycles. The van der Waals surface area contributed by atoms with Crippen LogP contribution in [0.5, 0.6) is 5.75 Å². The fourth-order valence-electron chi connectivity index (χ4n) is 2.29. The summed E-state index contributed by atoms with van der Waals surface area (Å²) in [5, 5.41) is 0.576. The average molecular weight is 311 g/mol. The first-order valence-electron chi connectivity index (χ1n) is 7.20. The van der Waals surface area contributed by atoms with Gasteiger partial charge in [0, 0.05) is 24.0 Å². The Labute approximate surface area is 135 Å². The van der Waals surface area contributed by atoms with Crippen molar-refractivity contribution in [1.82, 2.24) is 9.97 Å². The highest BCUT2D eigenvalue weighted by atomic mass is 35.5. The van der Waals surface area contributed by atoms with Crippen LogP contribution in [0.4, 0.5) is 0 Å². The van der Waals surface area contributed by atoms with E-state index in [1.807, 2.05) is 18.2 Å². The lowest BCUT2D eigenvalue weighted by molar-refractivity contribution is 0.228. The van der Waals surface area contributed by atoms with E-state index < -0.39 is 0 Å². The Morgan fingerprint density at radius 3 is 3.00 bits per heavy atom. The van der Waals surface area contributed by atoms with E-state index in [1.165, 1.54) is 0 Å². The number of aromatic nitrogens is 2. The van der Waals surface area contributed by atoms with Gasteiger partial charge < -0.3 is 4.74 Å². The minimum absolute atomic E-state index is 0.0158. The molecule has 0 radical (unpaired) electrons. The number of hydrogen-bond donors (Lipinski definition) is 0. The molecule has 1 aliphatic carbocycles. The summed E-state index contributed by atoms with van der Waals surface area (Å²) in [7, 11) is 0. The van der Waals surface area contributed by atoms with E-state index in [9.17, 15) is 0 Å². The van der Waals surface area contributed by atoms with E-state index >= 15 is 0 Å². The smallest absolute Gasteiger partial charge is 0.139 e. The lowest BCUT2D eigenvalue weighted by atomic mass is 9.97. The van der Waals surface area contributed by atoms with Gasteiger partial charge in [0.1, 0.15) is 17.5 Å². The van der Waals surface area contributed by atoms with Crippen LogP contribution in [0.1, 0.15) is 25.0 Å². The van der Waals surface area contributed by atoms with Gasteiger partial charge in [-0.25, -0.2) is 4.98 Å². The molecule has 4 heteroatoms. The van der Waals surface area contributed by atoms with Gasteiger partial charge >= 0.3 is 0 Å². The third-order valence-electron chi connectivity index (χ3n) is 3.31. The van der Waals surface area contributed by atoms with Gasteiger partial charge in [-0.1, -0.05) is 23.6 Å². The van der Waals surface area contributed by atoms with Gasteiger partial charge in [-0.15, -0.1) is 0 Å². The van der Waals surface area contributed by atoms with Gasteiger partial charge in [0.05, 0.1) is 11.2 Å². The van der Waals surface area contributed by atoms with Crippen molar-refractivity contribution in [2.24, 2.45) is 0 Å². The lowest BCUT2D eigenvalue weighted by Gasteiger charge is -2.20. The highest BCUT2D eigenvalue weighted by molar-refractivity contribution is 6.30. The average Bonchev–Trinajstić information content (AvgIpc) is 2.54. The van der Waals surface area contributed by atoms with Crippen molar-refractivity contribution in [1.29, 1.82) is 0 Å². The van der Waals surface area contributed by atoms with Gasteiger partial charge in [-0.05, 0) is 43.4 Å². The van der Waals surface area contributed by atoms with E-state index in [4.69, 9.17) is 16.3 Å². The van der Waals surface area contributed by atoms with Crippen molar-refractivity contribution >= 4 is 11.6 Å². The summed E-state index contributed by atoms with van der Waals surface area (Å²) in [6.45, 7) is 0. The zero-order valence-corrected chi connectivity index (χ0v) is 12.8. The first-order chi connectivity index (χ1) is 10.8. The molecule has 3 rings (SSSR count). The predicted molar refractivity (Wildman–Crippen MR) is 86.7 cm³/mol. The molecule has 0 aliphatic heterocycles. The molecule has 1 atom stereocenters. The summed E-state index contributed by atoms with van der Waals surface area (Å²) in [6.07, 6.45) is 10.1. The quantitative estimate of drug-likeness (QED) is 0.785. The van der Waals surface area contributed by atoms with Crippen LogP contribution in [-0.4, -0.2) is 16.1 Å². The Bertz CT molecular complexity index is 731. The number of pyridine rings is 2. The van der Waals surface area contributed by atoms with Crippen LogP contribution < -0.4 is 4.74 Å². The Morgan fingerprint density at radius 2 is 2.18 bits per heavy atom. The molecule has 2 aromatic heterocycles. The van der Waals surface area contributed by atoms with Crippen molar-refractivity contribution in [3.05, 3.63) is 65.2 Å². The van der Waals surface area contributed by atoms with Crippen LogP contribution in [0.3, 0.4) is 0 Å². The second-order valence-electron chi connectivity index (χ2n) is 5.04. The third-order valence-corrected chi connectivity index (χ3v) is 3.51. The minimum atomic E-state index is 0.0158. The molecule has 0 saturated carbocycles. The minimum Gasteiger partial charge on any atom is -0.485 e. The molecule has 0 spiro atoms. The summed E-state index contributed by atoms with van der Waals surface area (Å²) in [5.74, 6) is 6.97. The maximum Gasteiger partial charge on any atom is 0.139 e. The van der Waals surface area contributed by atoms with Crippen LogP contribution >= 0.6 is 11.6 Å². The molecule has 1 aliphatic rings. The fraction of sp³-hybridized carbons (Fsp3) is 0.222. The zero-order chi connectivity index (χ0) is 15.2. The van der Waals surface area contributed by atoms with Crippen molar-refractivity contribution < 1.29 is 4.74 Å². The van der Waals surface area contributed by atoms with Crippen molar-refractivity contribution in [2.45, 2.75) is 25.4 Å². The molecule has 2 heterocycles. The number of hydrogen-bond acceptors (Lipinski definition) is 3. The van der Waals surface area contributed by atoms with Crippen LogP contribution in [0.2, 0.25) is 5.02 Å². The number of rotatable bonds is 2. The normalized spacial score (nSPS) is 17.1. The predicted octanol–water partition coefficient (Wildman–Crippen LogP) is 4.04. The number of ether oxygens (including phenoxy) is 1. The molecule has 2 aromatic rings. The highest BCUT2D eigenvalue weighted by Crippen LogP contribution is 2.23. The maximum absolute atomic E-state index is 5.92. The highest BCUT2D eigenvalue weighted by Gasteiger charge is 2.14. The van der Waals surface area contributed by atoms with E-state index in [-0.39, 0.29) is 6.10 Å². The summed E-state index contributed by atoms with van der Waals surface area (Å²) < 4.78 is 5.91. The van der Waals surface area contributed by atoms with E-state index in [0.29, 0.717) is 10.8 Å². The van der Waals surface area contributed by atoms with E-state index in [1.54, 1.807) is 24.7 Å². The lowest BCUT2D eigenvalue weighted by Crippen LogP contribution is -2.17.